The van der Waals surface area contributed by atoms with Crippen LogP contribution in [-0.4, -0.2) is 25.1 Å². The van der Waals surface area contributed by atoms with Gasteiger partial charge in [-0.25, -0.2) is 4.98 Å². The monoisotopic (exact) mass is 348 g/mol. The van der Waals surface area contributed by atoms with Crippen molar-refractivity contribution in [1.29, 1.82) is 0 Å². The van der Waals surface area contributed by atoms with Gasteiger partial charge in [-0.3, -0.25) is 10.1 Å². The molecule has 23 heavy (non-hydrogen) atoms. The molecule has 3 aromatic rings. The van der Waals surface area contributed by atoms with Crippen LogP contribution in [0.2, 0.25) is 5.02 Å². The molecule has 1 amide bonds. The number of carbonyl (C=O) groups is 1. The molecule has 0 saturated heterocycles. The third-order valence-electron chi connectivity index (χ3n) is 3.25. The van der Waals surface area contributed by atoms with E-state index in [0.29, 0.717) is 32.7 Å². The number of para-hydroxylation sites is 1. The molecule has 0 atom stereocenters. The summed E-state index contributed by atoms with van der Waals surface area (Å²) in [4.78, 5) is 17.0. The molecular weight excluding hydrogens is 336 g/mol. The minimum atomic E-state index is -0.352. The van der Waals surface area contributed by atoms with Gasteiger partial charge in [0.15, 0.2) is 5.13 Å². The van der Waals surface area contributed by atoms with Crippen LogP contribution < -0.4 is 14.8 Å². The van der Waals surface area contributed by atoms with Gasteiger partial charge in [-0.2, -0.15) is 0 Å². The molecule has 0 spiro atoms. The summed E-state index contributed by atoms with van der Waals surface area (Å²) in [6, 6.07) is 10.7. The van der Waals surface area contributed by atoms with Crippen LogP contribution in [0.15, 0.2) is 36.4 Å². The SMILES string of the molecule is COc1cccc(OC)c1C(=O)Nc1nc2c(Cl)cccc2s1. The summed E-state index contributed by atoms with van der Waals surface area (Å²) in [6.45, 7) is 0. The minimum Gasteiger partial charge on any atom is -0.496 e. The fourth-order valence-corrected chi connectivity index (χ4v) is 3.36. The predicted molar refractivity (Wildman–Crippen MR) is 92.1 cm³/mol. The fraction of sp³-hybridized carbons (Fsp3) is 0.125. The zero-order valence-corrected chi connectivity index (χ0v) is 14.0. The zero-order valence-electron chi connectivity index (χ0n) is 12.4. The predicted octanol–water partition coefficient (Wildman–Crippen LogP) is 4.22. The maximum Gasteiger partial charge on any atom is 0.265 e. The highest BCUT2D eigenvalue weighted by Gasteiger charge is 2.19. The molecule has 0 aliphatic carbocycles. The number of amides is 1. The van der Waals surface area contributed by atoms with Crippen molar-refractivity contribution in [2.75, 3.05) is 19.5 Å². The summed E-state index contributed by atoms with van der Waals surface area (Å²) in [6.07, 6.45) is 0. The molecule has 1 heterocycles. The van der Waals surface area contributed by atoms with Gasteiger partial charge in [-0.1, -0.05) is 35.1 Å². The number of fused-ring (bicyclic) bond motifs is 1. The first kappa shape index (κ1) is 15.6. The summed E-state index contributed by atoms with van der Waals surface area (Å²) in [5, 5.41) is 3.79. The number of carbonyl (C=O) groups excluding carboxylic acids is 1. The molecule has 1 N–H and O–H groups in total. The average Bonchev–Trinajstić information content (AvgIpc) is 2.97. The smallest absolute Gasteiger partial charge is 0.265 e. The lowest BCUT2D eigenvalue weighted by molar-refractivity contribution is 0.102. The van der Waals surface area contributed by atoms with E-state index in [1.54, 1.807) is 24.3 Å². The molecule has 7 heteroatoms. The number of hydrogen-bond acceptors (Lipinski definition) is 5. The molecule has 5 nitrogen and oxygen atoms in total. The van der Waals surface area contributed by atoms with Crippen molar-refractivity contribution in [2.24, 2.45) is 0 Å². The molecular formula is C16H13ClN2O3S. The molecule has 0 fully saturated rings. The highest BCUT2D eigenvalue weighted by molar-refractivity contribution is 7.22. The number of nitrogens with zero attached hydrogens (tertiary/aromatic N) is 1. The van der Waals surface area contributed by atoms with Crippen LogP contribution in [0.25, 0.3) is 10.2 Å². The number of halogens is 1. The molecule has 2 aromatic carbocycles. The Kier molecular flexibility index (Phi) is 4.36. The van der Waals surface area contributed by atoms with Gasteiger partial charge < -0.3 is 9.47 Å². The van der Waals surface area contributed by atoms with Crippen LogP contribution in [0.4, 0.5) is 5.13 Å². The van der Waals surface area contributed by atoms with Crippen LogP contribution in [-0.2, 0) is 0 Å². The number of rotatable bonds is 4. The third-order valence-corrected chi connectivity index (χ3v) is 4.49. The van der Waals surface area contributed by atoms with Gasteiger partial charge in [0.05, 0.1) is 23.9 Å². The standard InChI is InChI=1S/C16H13ClN2O3S/c1-21-10-6-4-7-11(22-2)13(10)15(20)19-16-18-14-9(17)5-3-8-12(14)23-16/h3-8H,1-2H3,(H,18,19,20). The molecule has 0 aliphatic rings. The Morgan fingerprint density at radius 3 is 2.39 bits per heavy atom. The van der Waals surface area contributed by atoms with Crippen LogP contribution in [0.5, 0.6) is 11.5 Å². The quantitative estimate of drug-likeness (QED) is 0.766. The van der Waals surface area contributed by atoms with E-state index < -0.39 is 0 Å². The van der Waals surface area contributed by atoms with E-state index in [1.807, 2.05) is 12.1 Å². The summed E-state index contributed by atoms with van der Waals surface area (Å²) >= 11 is 7.46. The number of methoxy groups -OCH3 is 2. The molecule has 0 radical (unpaired) electrons. The molecule has 0 aliphatic heterocycles. The summed E-state index contributed by atoms with van der Waals surface area (Å²) in [7, 11) is 3.01. The summed E-state index contributed by atoms with van der Waals surface area (Å²) < 4.78 is 11.4. The van der Waals surface area contributed by atoms with Crippen LogP contribution in [0, 0.1) is 0 Å². The van der Waals surface area contributed by atoms with Crippen molar-refractivity contribution in [3.05, 3.63) is 47.0 Å². The molecule has 0 unspecified atom stereocenters. The number of ether oxygens (including phenoxy) is 2. The molecule has 3 rings (SSSR count). The normalized spacial score (nSPS) is 10.6. The fourth-order valence-electron chi connectivity index (χ4n) is 2.20. The van der Waals surface area contributed by atoms with Gasteiger partial charge in [0.2, 0.25) is 0 Å². The van der Waals surface area contributed by atoms with E-state index in [0.717, 1.165) is 4.70 Å². The number of anilines is 1. The Balaban J connectivity index is 1.96. The van der Waals surface area contributed by atoms with Crippen molar-refractivity contribution in [3.63, 3.8) is 0 Å². The van der Waals surface area contributed by atoms with Crippen molar-refractivity contribution in [3.8, 4) is 11.5 Å². The summed E-state index contributed by atoms with van der Waals surface area (Å²) in [5.41, 5.74) is 0.990. The van der Waals surface area contributed by atoms with Crippen molar-refractivity contribution in [2.45, 2.75) is 0 Å². The Labute approximate surface area is 141 Å². The second-order valence-corrected chi connectivity index (χ2v) is 6.04. The van der Waals surface area contributed by atoms with Gasteiger partial charge >= 0.3 is 0 Å². The minimum absolute atomic E-state index is 0.322. The number of aromatic nitrogens is 1. The zero-order chi connectivity index (χ0) is 16.4. The van der Waals surface area contributed by atoms with Crippen LogP contribution in [0.1, 0.15) is 10.4 Å². The van der Waals surface area contributed by atoms with Crippen LogP contribution >= 0.6 is 22.9 Å². The van der Waals surface area contributed by atoms with E-state index in [9.17, 15) is 4.79 Å². The van der Waals surface area contributed by atoms with E-state index in [-0.39, 0.29) is 5.91 Å². The first-order valence-corrected chi connectivity index (χ1v) is 7.91. The largest absolute Gasteiger partial charge is 0.496 e. The van der Waals surface area contributed by atoms with E-state index in [1.165, 1.54) is 25.6 Å². The lowest BCUT2D eigenvalue weighted by Crippen LogP contribution is -2.14. The van der Waals surface area contributed by atoms with E-state index in [4.69, 9.17) is 21.1 Å². The molecule has 1 aromatic heterocycles. The number of benzene rings is 2. The first-order valence-electron chi connectivity index (χ1n) is 6.71. The van der Waals surface area contributed by atoms with Crippen LogP contribution in [0.3, 0.4) is 0 Å². The lowest BCUT2D eigenvalue weighted by Gasteiger charge is -2.11. The Hall–Kier alpha value is -2.31. The molecule has 0 saturated carbocycles. The number of hydrogen-bond donors (Lipinski definition) is 1. The average molecular weight is 349 g/mol. The Bertz CT molecular complexity index is 857. The molecule has 0 bridgehead atoms. The Morgan fingerprint density at radius 2 is 1.78 bits per heavy atom. The second-order valence-electron chi connectivity index (χ2n) is 4.60. The third kappa shape index (κ3) is 2.95. The van der Waals surface area contributed by atoms with Gasteiger partial charge in [0.1, 0.15) is 22.6 Å². The van der Waals surface area contributed by atoms with Gasteiger partial charge in [-0.05, 0) is 24.3 Å². The van der Waals surface area contributed by atoms with Crippen molar-refractivity contribution < 1.29 is 14.3 Å². The van der Waals surface area contributed by atoms with Gasteiger partial charge in [-0.15, -0.1) is 0 Å². The van der Waals surface area contributed by atoms with Gasteiger partial charge in [0.25, 0.3) is 5.91 Å². The molecule has 118 valence electrons. The maximum absolute atomic E-state index is 12.6. The van der Waals surface area contributed by atoms with E-state index >= 15 is 0 Å². The highest BCUT2D eigenvalue weighted by Crippen LogP contribution is 2.33. The van der Waals surface area contributed by atoms with E-state index in [2.05, 4.69) is 10.3 Å². The number of nitrogens with one attached hydrogen (secondary N) is 1. The van der Waals surface area contributed by atoms with Gasteiger partial charge in [0, 0.05) is 0 Å². The second kappa shape index (κ2) is 6.44. The maximum atomic E-state index is 12.6. The number of thiazole rings is 1. The summed E-state index contributed by atoms with van der Waals surface area (Å²) in [5.74, 6) is 0.511. The lowest BCUT2D eigenvalue weighted by atomic mass is 10.1. The topological polar surface area (TPSA) is 60.5 Å². The highest BCUT2D eigenvalue weighted by atomic mass is 35.5. The van der Waals surface area contributed by atoms with Crippen molar-refractivity contribution in [1.82, 2.24) is 4.98 Å². The van der Waals surface area contributed by atoms with Crippen molar-refractivity contribution >= 4 is 44.2 Å². The Morgan fingerprint density at radius 1 is 1.13 bits per heavy atom. The first-order chi connectivity index (χ1) is 11.1.